The van der Waals surface area contributed by atoms with Crippen LogP contribution in [0, 0.1) is 5.82 Å². The highest BCUT2D eigenvalue weighted by Gasteiger charge is 2.36. The van der Waals surface area contributed by atoms with Crippen molar-refractivity contribution in [3.8, 4) is 0 Å². The lowest BCUT2D eigenvalue weighted by Gasteiger charge is -2.34. The molecular formula is C14H21FN6O. The van der Waals surface area contributed by atoms with Crippen LogP contribution in [-0.2, 0) is 4.79 Å². The van der Waals surface area contributed by atoms with Gasteiger partial charge < -0.3 is 15.1 Å². The fourth-order valence-electron chi connectivity index (χ4n) is 2.66. The molecule has 1 amide bonds. The molecule has 120 valence electrons. The maximum Gasteiger partial charge on any atom is 0.244 e. The lowest BCUT2D eigenvalue weighted by atomic mass is 10.1. The molecule has 2 fully saturated rings. The number of hydrogen-bond acceptors (Lipinski definition) is 6. The fraction of sp³-hybridized carbons (Fsp3) is 0.500. The number of hydrogen-bond donors (Lipinski definition) is 4. The molecule has 4 N–H and O–H groups in total. The first-order valence-electron chi connectivity index (χ1n) is 7.39. The van der Waals surface area contributed by atoms with E-state index in [9.17, 15) is 9.18 Å². The van der Waals surface area contributed by atoms with Gasteiger partial charge in [0.15, 0.2) is 0 Å². The Bertz CT molecular complexity index is 534. The predicted molar refractivity (Wildman–Crippen MR) is 81.1 cm³/mol. The molecule has 2 heterocycles. The first kappa shape index (κ1) is 15.2. The number of anilines is 1. The quantitative estimate of drug-likeness (QED) is 0.593. The van der Waals surface area contributed by atoms with Crippen molar-refractivity contribution in [3.63, 3.8) is 0 Å². The number of carbonyl (C=O) groups excluding carboxylic acids is 1. The third-order valence-corrected chi connectivity index (χ3v) is 4.05. The zero-order valence-electron chi connectivity index (χ0n) is 12.5. The number of benzene rings is 1. The number of rotatable bonds is 3. The average Bonchev–Trinajstić information content (AvgIpc) is 2.98. The number of nitrogens with zero attached hydrogens (tertiary/aromatic N) is 2. The van der Waals surface area contributed by atoms with Crippen LogP contribution < -0.4 is 21.7 Å². The minimum Gasteiger partial charge on any atom is -0.365 e. The van der Waals surface area contributed by atoms with Gasteiger partial charge in [0, 0.05) is 26.2 Å². The summed E-state index contributed by atoms with van der Waals surface area (Å²) in [6.45, 7) is 3.15. The minimum atomic E-state index is -0.497. The van der Waals surface area contributed by atoms with Crippen molar-refractivity contribution in [2.45, 2.75) is 12.2 Å². The van der Waals surface area contributed by atoms with E-state index >= 15 is 0 Å². The highest BCUT2D eigenvalue weighted by atomic mass is 19.1. The van der Waals surface area contributed by atoms with Gasteiger partial charge in [-0.2, -0.15) is 5.53 Å². The number of para-hydroxylation sites is 1. The van der Waals surface area contributed by atoms with Crippen molar-refractivity contribution < 1.29 is 9.18 Å². The van der Waals surface area contributed by atoms with Gasteiger partial charge >= 0.3 is 0 Å². The van der Waals surface area contributed by atoms with Crippen LogP contribution in [0.4, 0.5) is 10.1 Å². The monoisotopic (exact) mass is 308 g/mol. The van der Waals surface area contributed by atoms with Crippen LogP contribution in [0.5, 0.6) is 0 Å². The molecule has 2 aliphatic heterocycles. The maximum atomic E-state index is 13.7. The van der Waals surface area contributed by atoms with E-state index in [1.165, 1.54) is 6.07 Å². The molecular weight excluding hydrogens is 287 g/mol. The maximum absolute atomic E-state index is 13.7. The first-order valence-corrected chi connectivity index (χ1v) is 7.39. The molecule has 0 aromatic heterocycles. The van der Waals surface area contributed by atoms with Crippen molar-refractivity contribution in [1.29, 1.82) is 0 Å². The molecule has 1 aromatic carbocycles. The van der Waals surface area contributed by atoms with E-state index in [1.807, 2.05) is 11.9 Å². The fourth-order valence-corrected chi connectivity index (χ4v) is 2.66. The zero-order chi connectivity index (χ0) is 15.5. The van der Waals surface area contributed by atoms with Crippen LogP contribution in [-0.4, -0.2) is 61.1 Å². The van der Waals surface area contributed by atoms with E-state index < -0.39 is 12.2 Å². The number of piperazine rings is 1. The van der Waals surface area contributed by atoms with Gasteiger partial charge in [0.2, 0.25) is 5.91 Å². The Hall–Kier alpha value is -1.74. The number of hydrazine groups is 2. The van der Waals surface area contributed by atoms with E-state index in [1.54, 1.807) is 18.2 Å². The van der Waals surface area contributed by atoms with Crippen molar-refractivity contribution in [3.05, 3.63) is 30.1 Å². The third-order valence-electron chi connectivity index (χ3n) is 4.05. The van der Waals surface area contributed by atoms with Gasteiger partial charge in [0.1, 0.15) is 18.0 Å². The second-order valence-corrected chi connectivity index (χ2v) is 5.62. The van der Waals surface area contributed by atoms with E-state index in [0.717, 1.165) is 13.1 Å². The van der Waals surface area contributed by atoms with Crippen LogP contribution in [0.3, 0.4) is 0 Å². The minimum absolute atomic E-state index is 0.000519. The molecule has 1 aromatic rings. The summed E-state index contributed by atoms with van der Waals surface area (Å²) in [6.07, 6.45) is -0.427. The average molecular weight is 308 g/mol. The summed E-state index contributed by atoms with van der Waals surface area (Å²) in [4.78, 5) is 16.7. The van der Waals surface area contributed by atoms with Crippen LogP contribution in [0.1, 0.15) is 0 Å². The van der Waals surface area contributed by atoms with Gasteiger partial charge in [-0.25, -0.2) is 15.2 Å². The standard InChI is InChI=1S/C14H21FN6O/c1-20-6-8-21(9-7-20)14(22)12-13(18-19-17-12)16-11-5-3-2-4-10(11)15/h2-5,12-13,16-19H,6-9H2,1H3. The smallest absolute Gasteiger partial charge is 0.244 e. The summed E-state index contributed by atoms with van der Waals surface area (Å²) >= 11 is 0. The summed E-state index contributed by atoms with van der Waals surface area (Å²) in [5, 5.41) is 3.02. The molecule has 0 aliphatic carbocycles. The third kappa shape index (κ3) is 3.20. The van der Waals surface area contributed by atoms with Gasteiger partial charge in [0.05, 0.1) is 5.69 Å². The lowest BCUT2D eigenvalue weighted by molar-refractivity contribution is -0.134. The van der Waals surface area contributed by atoms with Crippen molar-refractivity contribution in [2.75, 3.05) is 38.5 Å². The van der Waals surface area contributed by atoms with Crippen LogP contribution in [0.25, 0.3) is 0 Å². The summed E-state index contributed by atoms with van der Waals surface area (Å²) in [5.74, 6) is -0.346. The van der Waals surface area contributed by atoms with Crippen molar-refractivity contribution >= 4 is 11.6 Å². The van der Waals surface area contributed by atoms with E-state index in [0.29, 0.717) is 18.8 Å². The van der Waals surface area contributed by atoms with Gasteiger partial charge in [-0.05, 0) is 19.2 Å². The molecule has 22 heavy (non-hydrogen) atoms. The topological polar surface area (TPSA) is 71.7 Å². The summed E-state index contributed by atoms with van der Waals surface area (Å²) in [6, 6.07) is 5.91. The summed E-state index contributed by atoms with van der Waals surface area (Å²) in [7, 11) is 2.04. The number of amides is 1. The van der Waals surface area contributed by atoms with Gasteiger partial charge in [-0.15, -0.1) is 0 Å². The SMILES string of the molecule is CN1CCN(C(=O)C2NNNC2Nc2ccccc2F)CC1. The summed E-state index contributed by atoms with van der Waals surface area (Å²) < 4.78 is 13.7. The van der Waals surface area contributed by atoms with Gasteiger partial charge in [-0.3, -0.25) is 4.79 Å². The van der Waals surface area contributed by atoms with Crippen molar-refractivity contribution in [1.82, 2.24) is 26.2 Å². The Morgan fingerprint density at radius 1 is 1.23 bits per heavy atom. The Morgan fingerprint density at radius 3 is 2.68 bits per heavy atom. The Balaban J connectivity index is 1.65. The number of carbonyl (C=O) groups is 1. The Morgan fingerprint density at radius 2 is 1.95 bits per heavy atom. The van der Waals surface area contributed by atoms with Crippen molar-refractivity contribution in [2.24, 2.45) is 0 Å². The molecule has 0 spiro atoms. The molecule has 3 rings (SSSR count). The van der Waals surface area contributed by atoms with Crippen LogP contribution >= 0.6 is 0 Å². The molecule has 7 nitrogen and oxygen atoms in total. The second kappa shape index (κ2) is 6.57. The Labute approximate surface area is 128 Å². The molecule has 2 atom stereocenters. The number of nitrogens with one attached hydrogen (secondary N) is 4. The lowest BCUT2D eigenvalue weighted by Crippen LogP contribution is -2.56. The largest absolute Gasteiger partial charge is 0.365 e. The molecule has 2 aliphatic rings. The zero-order valence-corrected chi connectivity index (χ0v) is 12.5. The number of likely N-dealkylation sites (N-methyl/N-ethyl adjacent to an activating group) is 1. The van der Waals surface area contributed by atoms with Crippen LogP contribution in [0.2, 0.25) is 0 Å². The predicted octanol–water partition coefficient (Wildman–Crippen LogP) is -0.681. The first-order chi connectivity index (χ1) is 10.6. The molecule has 2 saturated heterocycles. The van der Waals surface area contributed by atoms with E-state index in [4.69, 9.17) is 0 Å². The highest BCUT2D eigenvalue weighted by Crippen LogP contribution is 2.15. The molecule has 0 radical (unpaired) electrons. The van der Waals surface area contributed by atoms with Gasteiger partial charge in [-0.1, -0.05) is 12.1 Å². The molecule has 0 bridgehead atoms. The van der Waals surface area contributed by atoms with Crippen LogP contribution in [0.15, 0.2) is 24.3 Å². The van der Waals surface area contributed by atoms with E-state index in [2.05, 4.69) is 26.6 Å². The van der Waals surface area contributed by atoms with E-state index in [-0.39, 0.29) is 11.7 Å². The number of halogens is 1. The molecule has 2 unspecified atom stereocenters. The highest BCUT2D eigenvalue weighted by molar-refractivity contribution is 5.83. The molecule has 8 heteroatoms. The second-order valence-electron chi connectivity index (χ2n) is 5.62. The summed E-state index contributed by atoms with van der Waals surface area (Å²) in [5.41, 5.74) is 8.93. The van der Waals surface area contributed by atoms with Gasteiger partial charge in [0.25, 0.3) is 0 Å². The normalized spacial score (nSPS) is 26.2. The Kier molecular flexibility index (Phi) is 4.53. The molecule has 0 saturated carbocycles.